The van der Waals surface area contributed by atoms with Gasteiger partial charge in [0.15, 0.2) is 0 Å². The molecule has 6 heteroatoms. The fourth-order valence-electron chi connectivity index (χ4n) is 2.12. The molecule has 0 aliphatic carbocycles. The molecule has 0 spiro atoms. The van der Waals surface area contributed by atoms with Crippen LogP contribution in [0.4, 0.5) is 5.13 Å². The molecule has 0 radical (unpaired) electrons. The Bertz CT molecular complexity index is 466. The summed E-state index contributed by atoms with van der Waals surface area (Å²) in [6, 6.07) is 0. The van der Waals surface area contributed by atoms with E-state index >= 15 is 0 Å². The Kier molecular flexibility index (Phi) is 3.09. The largest absolute Gasteiger partial charge is 0.480 e. The van der Waals surface area contributed by atoms with Gasteiger partial charge in [-0.1, -0.05) is 20.8 Å². The second-order valence-electron chi connectivity index (χ2n) is 5.98. The highest BCUT2D eigenvalue weighted by Crippen LogP contribution is 2.36. The summed E-state index contributed by atoms with van der Waals surface area (Å²) < 4.78 is 4.35. The highest BCUT2D eigenvalue weighted by Gasteiger charge is 2.45. The zero-order valence-electron chi connectivity index (χ0n) is 11.2. The molecular formula is C12H19N3O2S. The van der Waals surface area contributed by atoms with Crippen molar-refractivity contribution in [3.8, 4) is 0 Å². The lowest BCUT2D eigenvalue weighted by Gasteiger charge is -2.30. The monoisotopic (exact) mass is 269 g/mol. The Balaban J connectivity index is 2.32. The van der Waals surface area contributed by atoms with Crippen molar-refractivity contribution in [3.05, 3.63) is 5.82 Å². The molecule has 1 aromatic rings. The van der Waals surface area contributed by atoms with Gasteiger partial charge in [0, 0.05) is 23.5 Å². The zero-order valence-corrected chi connectivity index (χ0v) is 12.0. The number of carboxylic acids is 1. The minimum atomic E-state index is -0.839. The lowest BCUT2D eigenvalue weighted by Crippen LogP contribution is -2.48. The molecule has 100 valence electrons. The van der Waals surface area contributed by atoms with E-state index in [0.717, 1.165) is 23.9 Å². The third-order valence-electron chi connectivity index (χ3n) is 3.42. The van der Waals surface area contributed by atoms with Crippen LogP contribution in [0.2, 0.25) is 0 Å². The Morgan fingerprint density at radius 2 is 2.17 bits per heavy atom. The van der Waals surface area contributed by atoms with Gasteiger partial charge in [-0.3, -0.25) is 0 Å². The Hall–Kier alpha value is -1.17. The second-order valence-corrected chi connectivity index (χ2v) is 6.72. The lowest BCUT2D eigenvalue weighted by molar-refractivity contribution is -0.142. The average Bonchev–Trinajstić information content (AvgIpc) is 2.82. The highest BCUT2D eigenvalue weighted by molar-refractivity contribution is 7.09. The molecule has 1 aliphatic rings. The van der Waals surface area contributed by atoms with Crippen LogP contribution in [0, 0.1) is 0 Å². The predicted octanol–water partition coefficient (Wildman–Crippen LogP) is 2.28. The first kappa shape index (κ1) is 13.3. The fourth-order valence-corrected chi connectivity index (χ4v) is 3.12. The maximum absolute atomic E-state index is 11.4. The Morgan fingerprint density at radius 1 is 1.50 bits per heavy atom. The number of aliphatic carboxylic acids is 1. The molecule has 0 saturated carbocycles. The van der Waals surface area contributed by atoms with Crippen LogP contribution in [0.1, 0.15) is 46.4 Å². The molecule has 5 nitrogen and oxygen atoms in total. The molecule has 1 atom stereocenters. The number of hydrogen-bond donors (Lipinski definition) is 1. The van der Waals surface area contributed by atoms with Crippen LogP contribution in [0.15, 0.2) is 0 Å². The Morgan fingerprint density at radius 3 is 2.67 bits per heavy atom. The minimum absolute atomic E-state index is 0.103. The third-order valence-corrected chi connectivity index (χ3v) is 4.16. The summed E-state index contributed by atoms with van der Waals surface area (Å²) >= 11 is 1.29. The van der Waals surface area contributed by atoms with E-state index in [1.54, 1.807) is 6.92 Å². The van der Waals surface area contributed by atoms with Gasteiger partial charge in [0.1, 0.15) is 11.4 Å². The smallest absolute Gasteiger partial charge is 0.329 e. The molecule has 1 fully saturated rings. The van der Waals surface area contributed by atoms with Crippen molar-refractivity contribution in [1.82, 2.24) is 9.36 Å². The van der Waals surface area contributed by atoms with Crippen molar-refractivity contribution in [2.75, 3.05) is 11.4 Å². The summed E-state index contributed by atoms with van der Waals surface area (Å²) in [5, 5.41) is 10.1. The number of nitrogens with zero attached hydrogens (tertiary/aromatic N) is 3. The molecule has 1 aliphatic heterocycles. The van der Waals surface area contributed by atoms with E-state index in [0.29, 0.717) is 6.42 Å². The Labute approximate surface area is 111 Å². The van der Waals surface area contributed by atoms with Gasteiger partial charge in [0.25, 0.3) is 0 Å². The van der Waals surface area contributed by atoms with Gasteiger partial charge in [-0.15, -0.1) is 0 Å². The highest BCUT2D eigenvalue weighted by atomic mass is 32.1. The van der Waals surface area contributed by atoms with E-state index in [-0.39, 0.29) is 5.41 Å². The van der Waals surface area contributed by atoms with E-state index in [1.807, 2.05) is 4.90 Å². The number of carbonyl (C=O) groups is 1. The van der Waals surface area contributed by atoms with Crippen molar-refractivity contribution in [2.24, 2.45) is 0 Å². The summed E-state index contributed by atoms with van der Waals surface area (Å²) in [6.45, 7) is 8.67. The standard InChI is InChI=1S/C12H19N3O2S/c1-11(2,3)8-13-10(18-14-8)15-7-5-6-12(15,4)9(16)17/h5-7H2,1-4H3,(H,16,17). The molecule has 1 aromatic heterocycles. The molecule has 18 heavy (non-hydrogen) atoms. The average molecular weight is 269 g/mol. The quantitative estimate of drug-likeness (QED) is 0.892. The summed E-state index contributed by atoms with van der Waals surface area (Å²) in [5.41, 5.74) is -0.942. The fraction of sp³-hybridized carbons (Fsp3) is 0.750. The normalized spacial score (nSPS) is 24.6. The summed E-state index contributed by atoms with van der Waals surface area (Å²) in [6.07, 6.45) is 1.54. The predicted molar refractivity (Wildman–Crippen MR) is 71.2 cm³/mol. The minimum Gasteiger partial charge on any atom is -0.480 e. The van der Waals surface area contributed by atoms with Gasteiger partial charge >= 0.3 is 5.97 Å². The molecule has 1 saturated heterocycles. The molecule has 2 heterocycles. The van der Waals surface area contributed by atoms with E-state index in [1.165, 1.54) is 11.5 Å². The molecule has 0 bridgehead atoms. The third kappa shape index (κ3) is 2.09. The van der Waals surface area contributed by atoms with E-state index < -0.39 is 11.5 Å². The van der Waals surface area contributed by atoms with Crippen molar-refractivity contribution in [1.29, 1.82) is 0 Å². The van der Waals surface area contributed by atoms with Crippen LogP contribution in [-0.4, -0.2) is 32.5 Å². The van der Waals surface area contributed by atoms with Crippen molar-refractivity contribution in [3.63, 3.8) is 0 Å². The number of aromatic nitrogens is 2. The van der Waals surface area contributed by atoms with Gasteiger partial charge in [0.2, 0.25) is 5.13 Å². The SMILES string of the molecule is CC(C)(C)c1nsc(N2CCCC2(C)C(=O)O)n1. The van der Waals surface area contributed by atoms with E-state index in [4.69, 9.17) is 0 Å². The van der Waals surface area contributed by atoms with Crippen molar-refractivity contribution < 1.29 is 9.90 Å². The first-order valence-electron chi connectivity index (χ1n) is 6.10. The lowest BCUT2D eigenvalue weighted by atomic mass is 9.96. The van der Waals surface area contributed by atoms with Gasteiger partial charge < -0.3 is 10.0 Å². The number of hydrogen-bond acceptors (Lipinski definition) is 5. The van der Waals surface area contributed by atoms with E-state index in [2.05, 4.69) is 30.1 Å². The first-order valence-corrected chi connectivity index (χ1v) is 6.88. The topological polar surface area (TPSA) is 66.3 Å². The van der Waals surface area contributed by atoms with Gasteiger partial charge in [-0.25, -0.2) is 9.78 Å². The number of carboxylic acid groups (broad SMARTS) is 1. The molecule has 2 rings (SSSR count). The first-order chi connectivity index (χ1) is 8.25. The summed E-state index contributed by atoms with van der Waals surface area (Å²) in [4.78, 5) is 17.8. The number of rotatable bonds is 2. The maximum Gasteiger partial charge on any atom is 0.329 e. The summed E-state index contributed by atoms with van der Waals surface area (Å²) in [5.74, 6) is -0.00496. The van der Waals surface area contributed by atoms with Crippen LogP contribution in [0.5, 0.6) is 0 Å². The molecule has 1 N–H and O–H groups in total. The molecule has 0 aromatic carbocycles. The van der Waals surface area contributed by atoms with Crippen LogP contribution in [0.3, 0.4) is 0 Å². The molecular weight excluding hydrogens is 250 g/mol. The second kappa shape index (κ2) is 4.19. The van der Waals surface area contributed by atoms with Gasteiger partial charge in [0.05, 0.1) is 0 Å². The van der Waals surface area contributed by atoms with Crippen LogP contribution in [-0.2, 0) is 10.2 Å². The number of anilines is 1. The van der Waals surface area contributed by atoms with Crippen LogP contribution >= 0.6 is 11.5 Å². The van der Waals surface area contributed by atoms with Crippen LogP contribution in [0.25, 0.3) is 0 Å². The van der Waals surface area contributed by atoms with Crippen LogP contribution < -0.4 is 4.90 Å². The van der Waals surface area contributed by atoms with Crippen molar-refractivity contribution >= 4 is 22.6 Å². The van der Waals surface area contributed by atoms with E-state index in [9.17, 15) is 9.90 Å². The summed E-state index contributed by atoms with van der Waals surface area (Å²) in [7, 11) is 0. The van der Waals surface area contributed by atoms with Gasteiger partial charge in [-0.05, 0) is 19.8 Å². The molecule has 0 amide bonds. The molecule has 1 unspecified atom stereocenters. The van der Waals surface area contributed by atoms with Gasteiger partial charge in [-0.2, -0.15) is 4.37 Å². The maximum atomic E-state index is 11.4. The zero-order chi connectivity index (χ0) is 13.6. The van der Waals surface area contributed by atoms with Crippen molar-refractivity contribution in [2.45, 2.75) is 51.5 Å².